The van der Waals surface area contributed by atoms with Crippen molar-refractivity contribution in [3.8, 4) is 12.3 Å². The number of halogens is 2. The summed E-state index contributed by atoms with van der Waals surface area (Å²) >= 11 is 0. The summed E-state index contributed by atoms with van der Waals surface area (Å²) in [4.78, 5) is 10.8. The van der Waals surface area contributed by atoms with E-state index in [4.69, 9.17) is 12.2 Å². The number of carbonyl (C=O) groups is 1. The van der Waals surface area contributed by atoms with E-state index < -0.39 is 24.9 Å². The van der Waals surface area contributed by atoms with E-state index in [1.165, 1.54) is 0 Å². The minimum Gasteiger partial charge on any atom is -0.350 e. The third-order valence-corrected chi connectivity index (χ3v) is 1.34. The van der Waals surface area contributed by atoms with Crippen molar-refractivity contribution in [3.05, 3.63) is 0 Å². The molecule has 0 rings (SSSR count). The van der Waals surface area contributed by atoms with Gasteiger partial charge >= 0.3 is 0 Å². The molecule has 3 nitrogen and oxygen atoms in total. The Labute approximate surface area is 75.7 Å². The van der Waals surface area contributed by atoms with Crippen molar-refractivity contribution in [2.24, 2.45) is 5.73 Å². The van der Waals surface area contributed by atoms with Crippen LogP contribution in [0.2, 0.25) is 0 Å². The molecule has 0 aromatic heterocycles. The minimum absolute atomic E-state index is 0.0666. The van der Waals surface area contributed by atoms with Crippen molar-refractivity contribution in [1.82, 2.24) is 5.32 Å². The monoisotopic (exact) mass is 190 g/mol. The Bertz CT molecular complexity index is 211. The number of terminal acetylenes is 1. The van der Waals surface area contributed by atoms with E-state index in [2.05, 4.69) is 5.92 Å². The van der Waals surface area contributed by atoms with E-state index in [9.17, 15) is 13.6 Å². The predicted molar refractivity (Wildman–Crippen MR) is 45.1 cm³/mol. The van der Waals surface area contributed by atoms with Crippen LogP contribution in [0.4, 0.5) is 8.78 Å². The molecule has 0 fully saturated rings. The second kappa shape index (κ2) is 5.49. The van der Waals surface area contributed by atoms with Crippen LogP contribution in [0.5, 0.6) is 0 Å². The van der Waals surface area contributed by atoms with Crippen molar-refractivity contribution in [3.63, 3.8) is 0 Å². The average molecular weight is 190 g/mol. The molecule has 0 saturated heterocycles. The van der Waals surface area contributed by atoms with E-state index in [1.807, 2.05) is 5.32 Å². The van der Waals surface area contributed by atoms with Gasteiger partial charge in [0.05, 0.1) is 13.1 Å². The summed E-state index contributed by atoms with van der Waals surface area (Å²) in [5.41, 5.74) is 4.76. The molecule has 0 spiro atoms. The number of alkyl halides is 2. The van der Waals surface area contributed by atoms with Gasteiger partial charge in [-0.1, -0.05) is 0 Å². The Kier molecular flexibility index (Phi) is 5.00. The molecule has 0 aliphatic carbocycles. The fourth-order valence-electron chi connectivity index (χ4n) is 0.574. The third-order valence-electron chi connectivity index (χ3n) is 1.34. The van der Waals surface area contributed by atoms with Gasteiger partial charge in [-0.2, -0.15) is 0 Å². The van der Waals surface area contributed by atoms with E-state index in [-0.39, 0.29) is 12.8 Å². The Balaban J connectivity index is 3.65. The quantitative estimate of drug-likeness (QED) is 0.604. The van der Waals surface area contributed by atoms with Crippen LogP contribution in [0.1, 0.15) is 12.8 Å². The maximum atomic E-state index is 12.5. The van der Waals surface area contributed by atoms with E-state index in [0.717, 1.165) is 0 Å². The first kappa shape index (κ1) is 11.8. The van der Waals surface area contributed by atoms with Crippen molar-refractivity contribution in [1.29, 1.82) is 0 Å². The summed E-state index contributed by atoms with van der Waals surface area (Å²) in [7, 11) is 0. The van der Waals surface area contributed by atoms with Gasteiger partial charge in [0.2, 0.25) is 5.91 Å². The lowest BCUT2D eigenvalue weighted by molar-refractivity contribution is -0.122. The van der Waals surface area contributed by atoms with Crippen molar-refractivity contribution in [2.45, 2.75) is 18.8 Å². The molecule has 0 radical (unpaired) electrons. The fraction of sp³-hybridized carbons (Fsp3) is 0.625. The molecular formula is C8H12F2N2O. The highest BCUT2D eigenvalue weighted by Crippen LogP contribution is 2.08. The van der Waals surface area contributed by atoms with Gasteiger partial charge in [0.15, 0.2) is 0 Å². The molecule has 0 aromatic carbocycles. The lowest BCUT2D eigenvalue weighted by atomic mass is 10.3. The largest absolute Gasteiger partial charge is 0.350 e. The van der Waals surface area contributed by atoms with Crippen LogP contribution in [0.15, 0.2) is 0 Å². The van der Waals surface area contributed by atoms with Gasteiger partial charge < -0.3 is 11.1 Å². The summed E-state index contributed by atoms with van der Waals surface area (Å²) in [6, 6.07) is 0. The summed E-state index contributed by atoms with van der Waals surface area (Å²) in [6.07, 6.45) is 5.20. The van der Waals surface area contributed by atoms with E-state index >= 15 is 0 Å². The van der Waals surface area contributed by atoms with Gasteiger partial charge in [-0.25, -0.2) is 8.78 Å². The predicted octanol–water partition coefficient (Wildman–Crippen LogP) is 0.110. The Morgan fingerprint density at radius 3 is 2.69 bits per heavy atom. The molecule has 74 valence electrons. The number of nitrogens with two attached hydrogens (primary N) is 1. The highest BCUT2D eigenvalue weighted by molar-refractivity contribution is 5.76. The lowest BCUT2D eigenvalue weighted by Gasteiger charge is -2.13. The summed E-state index contributed by atoms with van der Waals surface area (Å²) in [5.74, 6) is -1.28. The number of amides is 1. The van der Waals surface area contributed by atoms with Crippen LogP contribution in [-0.4, -0.2) is 24.9 Å². The first-order valence-electron chi connectivity index (χ1n) is 3.80. The normalized spacial score (nSPS) is 10.6. The third kappa shape index (κ3) is 6.05. The SMILES string of the molecule is C#CCCC(=O)NCC(F)(F)CN. The van der Waals surface area contributed by atoms with Crippen LogP contribution >= 0.6 is 0 Å². The summed E-state index contributed by atoms with van der Waals surface area (Å²) < 4.78 is 24.9. The minimum atomic E-state index is -3.04. The molecule has 3 N–H and O–H groups in total. The molecule has 0 aliphatic rings. The number of carbonyl (C=O) groups excluding carboxylic acids is 1. The lowest BCUT2D eigenvalue weighted by Crippen LogP contribution is -2.41. The molecular weight excluding hydrogens is 178 g/mol. The molecule has 13 heavy (non-hydrogen) atoms. The van der Waals surface area contributed by atoms with Gasteiger partial charge in [-0.15, -0.1) is 12.3 Å². The first-order chi connectivity index (χ1) is 6.02. The number of hydrogen-bond acceptors (Lipinski definition) is 2. The molecule has 0 bridgehead atoms. The van der Waals surface area contributed by atoms with Crippen LogP contribution in [-0.2, 0) is 4.79 Å². The fourth-order valence-corrected chi connectivity index (χ4v) is 0.574. The van der Waals surface area contributed by atoms with Gasteiger partial charge in [-0.3, -0.25) is 4.79 Å². The Morgan fingerprint density at radius 2 is 2.23 bits per heavy atom. The van der Waals surface area contributed by atoms with Crippen molar-refractivity contribution in [2.75, 3.05) is 13.1 Å². The second-order valence-corrected chi connectivity index (χ2v) is 2.54. The van der Waals surface area contributed by atoms with Crippen LogP contribution in [0, 0.1) is 12.3 Å². The molecule has 0 aliphatic heterocycles. The van der Waals surface area contributed by atoms with Crippen LogP contribution in [0.25, 0.3) is 0 Å². The second-order valence-electron chi connectivity index (χ2n) is 2.54. The molecule has 5 heteroatoms. The van der Waals surface area contributed by atoms with Gasteiger partial charge in [0.1, 0.15) is 0 Å². The zero-order valence-electron chi connectivity index (χ0n) is 7.15. The summed E-state index contributed by atoms with van der Waals surface area (Å²) in [6.45, 7) is -1.50. The number of nitrogens with one attached hydrogen (secondary N) is 1. The van der Waals surface area contributed by atoms with E-state index in [0.29, 0.717) is 0 Å². The average Bonchev–Trinajstić information content (AvgIpc) is 2.11. The number of rotatable bonds is 5. The zero-order valence-corrected chi connectivity index (χ0v) is 7.15. The first-order valence-corrected chi connectivity index (χ1v) is 3.80. The van der Waals surface area contributed by atoms with Gasteiger partial charge in [0, 0.05) is 12.8 Å². The maximum Gasteiger partial charge on any atom is 0.277 e. The molecule has 0 aromatic rings. The van der Waals surface area contributed by atoms with Crippen molar-refractivity contribution >= 4 is 5.91 Å². The van der Waals surface area contributed by atoms with Crippen LogP contribution in [0.3, 0.4) is 0 Å². The Morgan fingerprint density at radius 1 is 1.62 bits per heavy atom. The maximum absolute atomic E-state index is 12.5. The topological polar surface area (TPSA) is 55.1 Å². The smallest absolute Gasteiger partial charge is 0.277 e. The molecule has 0 unspecified atom stereocenters. The molecule has 0 saturated carbocycles. The molecule has 0 atom stereocenters. The van der Waals surface area contributed by atoms with E-state index in [1.54, 1.807) is 0 Å². The molecule has 0 heterocycles. The standard InChI is InChI=1S/C8H12F2N2O/c1-2-3-4-7(13)12-6-8(9,10)5-11/h1H,3-6,11H2,(H,12,13). The highest BCUT2D eigenvalue weighted by Gasteiger charge is 2.26. The number of hydrogen-bond donors (Lipinski definition) is 2. The highest BCUT2D eigenvalue weighted by atomic mass is 19.3. The zero-order chi connectivity index (χ0) is 10.3. The van der Waals surface area contributed by atoms with Crippen molar-refractivity contribution < 1.29 is 13.6 Å². The van der Waals surface area contributed by atoms with Gasteiger partial charge in [-0.05, 0) is 0 Å². The van der Waals surface area contributed by atoms with Gasteiger partial charge in [0.25, 0.3) is 5.92 Å². The Hall–Kier alpha value is -1.15. The summed E-state index contributed by atoms with van der Waals surface area (Å²) in [5, 5.41) is 2.04. The van der Waals surface area contributed by atoms with Crippen LogP contribution < -0.4 is 11.1 Å². The molecule has 1 amide bonds.